The normalized spacial score (nSPS) is 42.5. The average Bonchev–Trinajstić information content (AvgIpc) is 3.00. The van der Waals surface area contributed by atoms with Gasteiger partial charge in [-0.25, -0.2) is 9.78 Å². The molecule has 0 amide bonds. The van der Waals surface area contributed by atoms with Gasteiger partial charge in [-0.1, -0.05) is 38.1 Å². The van der Waals surface area contributed by atoms with Crippen molar-refractivity contribution in [1.82, 2.24) is 0 Å². The van der Waals surface area contributed by atoms with Crippen molar-refractivity contribution in [2.24, 2.45) is 23.7 Å². The third kappa shape index (κ3) is 4.37. The molecule has 1 aliphatic carbocycles. The van der Waals surface area contributed by atoms with Crippen molar-refractivity contribution in [3.63, 3.8) is 0 Å². The molecule has 0 radical (unpaired) electrons. The first-order chi connectivity index (χ1) is 15.6. The first-order valence-corrected chi connectivity index (χ1v) is 13.7. The van der Waals surface area contributed by atoms with Gasteiger partial charge >= 0.3 is 0 Å². The number of hydrogen-bond acceptors (Lipinski definition) is 8. The minimum absolute atomic E-state index is 0.0198. The molecule has 33 heavy (non-hydrogen) atoms. The van der Waals surface area contributed by atoms with Crippen LogP contribution < -0.4 is 0 Å². The summed E-state index contributed by atoms with van der Waals surface area (Å²) >= 11 is 0. The first kappa shape index (κ1) is 23.7. The van der Waals surface area contributed by atoms with Crippen molar-refractivity contribution < 1.29 is 36.6 Å². The van der Waals surface area contributed by atoms with E-state index in [9.17, 15) is 8.42 Å². The first-order valence-electron chi connectivity index (χ1n) is 11.8. The molecule has 4 saturated heterocycles. The third-order valence-electron chi connectivity index (χ3n) is 7.97. The Morgan fingerprint density at radius 2 is 1.70 bits per heavy atom. The van der Waals surface area contributed by atoms with Crippen LogP contribution in [0.15, 0.2) is 24.3 Å². The van der Waals surface area contributed by atoms with Gasteiger partial charge in [0.05, 0.1) is 19.5 Å². The van der Waals surface area contributed by atoms with Gasteiger partial charge in [-0.3, -0.25) is 4.18 Å². The Morgan fingerprint density at radius 1 is 1.00 bits per heavy atom. The molecule has 1 saturated carbocycles. The molecule has 8 atom stereocenters. The Hall–Kier alpha value is -1.07. The van der Waals surface area contributed by atoms with E-state index in [4.69, 9.17) is 28.2 Å². The van der Waals surface area contributed by atoms with Crippen molar-refractivity contribution in [1.29, 1.82) is 0 Å². The van der Waals surface area contributed by atoms with Crippen LogP contribution in [0.1, 0.15) is 57.6 Å². The SMILES string of the molecule is C[C@H]1[C@@H](OCc2ccc(COS(C)(=O)=O)cc2)O[C@@H]2O[C@]3(C)CC[C@H]4[C@H](C)CC[C@@H]1[C@@]24OO3. The summed E-state index contributed by atoms with van der Waals surface area (Å²) in [5.41, 5.74) is 1.16. The molecule has 2 bridgehead atoms. The number of rotatable bonds is 6. The second-order valence-electron chi connectivity index (χ2n) is 10.4. The van der Waals surface area contributed by atoms with Gasteiger partial charge in [0.1, 0.15) is 0 Å². The summed E-state index contributed by atoms with van der Waals surface area (Å²) in [4.78, 5) is 12.0. The van der Waals surface area contributed by atoms with E-state index in [0.29, 0.717) is 18.4 Å². The Bertz CT molecular complexity index is 965. The zero-order valence-electron chi connectivity index (χ0n) is 19.7. The van der Waals surface area contributed by atoms with Gasteiger partial charge in [0.15, 0.2) is 18.2 Å². The molecule has 9 heteroatoms. The number of benzene rings is 1. The lowest BCUT2D eigenvalue weighted by Crippen LogP contribution is -2.70. The number of hydrogen-bond donors (Lipinski definition) is 0. The van der Waals surface area contributed by atoms with Crippen LogP contribution in [0.2, 0.25) is 0 Å². The number of ether oxygens (including phenoxy) is 3. The van der Waals surface area contributed by atoms with E-state index >= 15 is 0 Å². The van der Waals surface area contributed by atoms with Crippen molar-refractivity contribution in [2.75, 3.05) is 6.26 Å². The fourth-order valence-electron chi connectivity index (χ4n) is 6.15. The van der Waals surface area contributed by atoms with Crippen LogP contribution >= 0.6 is 0 Å². The van der Waals surface area contributed by atoms with E-state index in [1.807, 2.05) is 31.2 Å². The Labute approximate surface area is 195 Å². The van der Waals surface area contributed by atoms with E-state index in [1.165, 1.54) is 0 Å². The molecule has 8 nitrogen and oxygen atoms in total. The molecule has 184 valence electrons. The van der Waals surface area contributed by atoms with E-state index in [-0.39, 0.29) is 18.4 Å². The molecule has 0 N–H and O–H groups in total. The maximum Gasteiger partial charge on any atom is 0.264 e. The Kier molecular flexibility index (Phi) is 6.13. The predicted molar refractivity (Wildman–Crippen MR) is 118 cm³/mol. The van der Waals surface area contributed by atoms with Gasteiger partial charge in [-0.2, -0.15) is 8.42 Å². The van der Waals surface area contributed by atoms with E-state index in [2.05, 4.69) is 13.8 Å². The van der Waals surface area contributed by atoms with E-state index in [0.717, 1.165) is 43.1 Å². The lowest BCUT2D eigenvalue weighted by molar-refractivity contribution is -0.577. The van der Waals surface area contributed by atoms with Gasteiger partial charge in [-0.05, 0) is 49.1 Å². The lowest BCUT2D eigenvalue weighted by Gasteiger charge is -2.60. The highest BCUT2D eigenvalue weighted by molar-refractivity contribution is 7.85. The molecule has 1 aromatic rings. The van der Waals surface area contributed by atoms with Crippen LogP contribution in [0.5, 0.6) is 0 Å². The summed E-state index contributed by atoms with van der Waals surface area (Å²) in [6, 6.07) is 7.51. The second kappa shape index (κ2) is 8.55. The number of fused-ring (bicyclic) bond motifs is 2. The van der Waals surface area contributed by atoms with Gasteiger partial charge in [0.2, 0.25) is 5.79 Å². The molecule has 0 aromatic heterocycles. The second-order valence-corrected chi connectivity index (χ2v) is 12.0. The molecule has 0 unspecified atom stereocenters. The van der Waals surface area contributed by atoms with Crippen molar-refractivity contribution in [3.8, 4) is 0 Å². The quantitative estimate of drug-likeness (QED) is 0.446. The van der Waals surface area contributed by atoms with Crippen LogP contribution in [0.4, 0.5) is 0 Å². The van der Waals surface area contributed by atoms with Crippen LogP contribution in [0.25, 0.3) is 0 Å². The topological polar surface area (TPSA) is 89.5 Å². The van der Waals surface area contributed by atoms with E-state index in [1.54, 1.807) is 0 Å². The van der Waals surface area contributed by atoms with Crippen LogP contribution in [0, 0.1) is 23.7 Å². The fraction of sp³-hybridized carbons (Fsp3) is 0.750. The van der Waals surface area contributed by atoms with Crippen LogP contribution in [-0.2, 0) is 51.5 Å². The molecular weight excluding hydrogens is 448 g/mol. The van der Waals surface area contributed by atoms with Crippen LogP contribution in [0.3, 0.4) is 0 Å². The molecule has 5 fully saturated rings. The molecule has 6 rings (SSSR count). The smallest absolute Gasteiger partial charge is 0.264 e. The van der Waals surface area contributed by atoms with Gasteiger partial charge < -0.3 is 14.2 Å². The minimum Gasteiger partial charge on any atom is -0.348 e. The maximum absolute atomic E-state index is 11.2. The van der Waals surface area contributed by atoms with Gasteiger partial charge in [0, 0.05) is 18.3 Å². The Morgan fingerprint density at radius 3 is 2.39 bits per heavy atom. The van der Waals surface area contributed by atoms with Crippen molar-refractivity contribution in [2.45, 2.75) is 83.6 Å². The van der Waals surface area contributed by atoms with Gasteiger partial charge in [-0.15, -0.1) is 0 Å². The summed E-state index contributed by atoms with van der Waals surface area (Å²) in [6.45, 7) is 6.79. The van der Waals surface area contributed by atoms with Crippen LogP contribution in [-0.4, -0.2) is 38.6 Å². The standard InChI is InChI=1S/C24H34O8S/c1-15-5-10-20-16(2)21(27-13-17-6-8-18(9-7-17)14-28-33(4,25)26)29-22-24(20)19(15)11-12-23(3,30-22)31-32-24/h6-9,15-16,19-22H,5,10-14H2,1-4H3/t15-,16-,19+,20+,21+,22-,23+,24-/m1/s1. The zero-order valence-corrected chi connectivity index (χ0v) is 20.5. The maximum atomic E-state index is 11.2. The summed E-state index contributed by atoms with van der Waals surface area (Å²) < 4.78 is 46.3. The molecule has 1 aromatic carbocycles. The van der Waals surface area contributed by atoms with Gasteiger partial charge in [0.25, 0.3) is 10.1 Å². The molecule has 4 heterocycles. The summed E-state index contributed by atoms with van der Waals surface area (Å²) in [7, 11) is -3.47. The highest BCUT2D eigenvalue weighted by atomic mass is 32.2. The minimum atomic E-state index is -3.47. The summed E-state index contributed by atoms with van der Waals surface area (Å²) in [6.07, 6.45) is 4.07. The lowest BCUT2D eigenvalue weighted by atomic mass is 9.58. The molecular formula is C24H34O8S. The molecule has 4 aliphatic heterocycles. The van der Waals surface area contributed by atoms with Crippen molar-refractivity contribution in [3.05, 3.63) is 35.4 Å². The Balaban J connectivity index is 1.29. The van der Waals surface area contributed by atoms with Crippen molar-refractivity contribution >= 4 is 10.1 Å². The predicted octanol–water partition coefficient (Wildman–Crippen LogP) is 3.89. The average molecular weight is 483 g/mol. The largest absolute Gasteiger partial charge is 0.348 e. The molecule has 1 spiro atoms. The summed E-state index contributed by atoms with van der Waals surface area (Å²) in [5, 5.41) is 0. The highest BCUT2D eigenvalue weighted by Crippen LogP contribution is 2.60. The summed E-state index contributed by atoms with van der Waals surface area (Å²) in [5.74, 6) is 0.395. The molecule has 5 aliphatic rings. The third-order valence-corrected chi connectivity index (χ3v) is 8.52. The highest BCUT2D eigenvalue weighted by Gasteiger charge is 2.69. The zero-order chi connectivity index (χ0) is 23.4. The monoisotopic (exact) mass is 482 g/mol. The fourth-order valence-corrected chi connectivity index (χ4v) is 6.50. The van der Waals surface area contributed by atoms with E-state index < -0.39 is 34.1 Å².